The summed E-state index contributed by atoms with van der Waals surface area (Å²) in [5.74, 6) is 11.9. The molecule has 35 heavy (non-hydrogen) atoms. The van der Waals surface area contributed by atoms with Gasteiger partial charge < -0.3 is 0 Å². The molecule has 0 radical (unpaired) electrons. The van der Waals surface area contributed by atoms with Gasteiger partial charge in [-0.3, -0.25) is 0 Å². The summed E-state index contributed by atoms with van der Waals surface area (Å²) >= 11 is 0. The molecule has 0 aliphatic rings. The van der Waals surface area contributed by atoms with Crippen LogP contribution in [-0.2, 0) is 12.8 Å². The normalized spacial score (nSPS) is 10.3. The Morgan fingerprint density at radius 1 is 0.514 bits per heavy atom. The van der Waals surface area contributed by atoms with E-state index in [0.29, 0.717) is 11.1 Å². The van der Waals surface area contributed by atoms with Crippen molar-refractivity contribution in [2.75, 3.05) is 0 Å². The first-order valence-electron chi connectivity index (χ1n) is 13.2. The van der Waals surface area contributed by atoms with Crippen molar-refractivity contribution in [1.82, 2.24) is 0 Å². The summed E-state index contributed by atoms with van der Waals surface area (Å²) in [6, 6.07) is 21.7. The number of hydrogen-bond acceptors (Lipinski definition) is 0. The zero-order chi connectivity index (χ0) is 24.7. The predicted octanol–water partition coefficient (Wildman–Crippen LogP) is 8.87. The minimum Gasteiger partial charge on any atom is -0.206 e. The fraction of sp³-hybridized carbons (Fsp3) is 0.353. The van der Waals surface area contributed by atoms with E-state index in [1.54, 1.807) is 6.07 Å². The van der Waals surface area contributed by atoms with Crippen molar-refractivity contribution >= 4 is 0 Å². The van der Waals surface area contributed by atoms with E-state index in [2.05, 4.69) is 73.9 Å². The van der Waals surface area contributed by atoms with Gasteiger partial charge in [-0.1, -0.05) is 100 Å². The fourth-order valence-corrected chi connectivity index (χ4v) is 4.00. The van der Waals surface area contributed by atoms with Gasteiger partial charge in [0.1, 0.15) is 5.82 Å². The van der Waals surface area contributed by atoms with Gasteiger partial charge in [0.2, 0.25) is 0 Å². The molecule has 180 valence electrons. The topological polar surface area (TPSA) is 0 Å². The summed E-state index contributed by atoms with van der Waals surface area (Å²) in [5.41, 5.74) is 5.58. The maximum atomic E-state index is 14.6. The van der Waals surface area contributed by atoms with E-state index in [0.717, 1.165) is 24.0 Å². The molecule has 3 rings (SSSR count). The van der Waals surface area contributed by atoms with E-state index >= 15 is 0 Å². The molecular formula is C34H37F. The molecule has 0 amide bonds. The molecule has 3 aromatic carbocycles. The molecule has 0 saturated heterocycles. The zero-order valence-electron chi connectivity index (χ0n) is 21.3. The van der Waals surface area contributed by atoms with Crippen LogP contribution in [0.25, 0.3) is 0 Å². The summed E-state index contributed by atoms with van der Waals surface area (Å²) in [4.78, 5) is 0. The van der Waals surface area contributed by atoms with Crippen molar-refractivity contribution < 1.29 is 4.39 Å². The van der Waals surface area contributed by atoms with Crippen molar-refractivity contribution in [3.8, 4) is 23.7 Å². The molecule has 1 heteroatoms. The van der Waals surface area contributed by atoms with Crippen LogP contribution in [0.4, 0.5) is 4.39 Å². The molecule has 0 N–H and O–H groups in total. The van der Waals surface area contributed by atoms with Gasteiger partial charge in [-0.2, -0.15) is 0 Å². The Kier molecular flexibility index (Phi) is 11.2. The van der Waals surface area contributed by atoms with Crippen LogP contribution in [0.15, 0.2) is 66.7 Å². The molecule has 0 bridgehead atoms. The van der Waals surface area contributed by atoms with Crippen LogP contribution >= 0.6 is 0 Å². The average molecular weight is 465 g/mol. The van der Waals surface area contributed by atoms with E-state index in [1.807, 2.05) is 18.2 Å². The Morgan fingerprint density at radius 2 is 0.971 bits per heavy atom. The number of rotatable bonds is 10. The van der Waals surface area contributed by atoms with Crippen LogP contribution in [0, 0.1) is 29.5 Å². The van der Waals surface area contributed by atoms with Gasteiger partial charge >= 0.3 is 0 Å². The Bertz CT molecular complexity index is 1160. The van der Waals surface area contributed by atoms with E-state index < -0.39 is 0 Å². The van der Waals surface area contributed by atoms with Crippen molar-refractivity contribution in [1.29, 1.82) is 0 Å². The lowest BCUT2D eigenvalue weighted by Gasteiger charge is -2.01. The van der Waals surface area contributed by atoms with E-state index in [-0.39, 0.29) is 5.82 Å². The maximum Gasteiger partial charge on any atom is 0.140 e. The van der Waals surface area contributed by atoms with Crippen molar-refractivity contribution in [2.45, 2.75) is 78.1 Å². The van der Waals surface area contributed by atoms with Gasteiger partial charge in [0.05, 0.1) is 5.56 Å². The molecule has 0 fully saturated rings. The van der Waals surface area contributed by atoms with Gasteiger partial charge in [0.15, 0.2) is 0 Å². The molecule has 0 spiro atoms. The zero-order valence-corrected chi connectivity index (χ0v) is 21.3. The molecule has 0 saturated carbocycles. The first-order valence-corrected chi connectivity index (χ1v) is 13.2. The highest BCUT2D eigenvalue weighted by atomic mass is 19.1. The Morgan fingerprint density at radius 3 is 1.46 bits per heavy atom. The molecule has 0 aliphatic carbocycles. The van der Waals surface area contributed by atoms with Crippen LogP contribution in [0.5, 0.6) is 0 Å². The van der Waals surface area contributed by atoms with E-state index in [4.69, 9.17) is 0 Å². The first kappa shape index (κ1) is 26.3. The minimum absolute atomic E-state index is 0.334. The predicted molar refractivity (Wildman–Crippen MR) is 147 cm³/mol. The molecular weight excluding hydrogens is 427 g/mol. The second-order valence-corrected chi connectivity index (χ2v) is 9.21. The number of halogens is 1. The quantitative estimate of drug-likeness (QED) is 0.208. The summed E-state index contributed by atoms with van der Waals surface area (Å²) in [6.07, 6.45) is 12.4. The fourth-order valence-electron chi connectivity index (χ4n) is 4.00. The molecule has 0 aliphatic heterocycles. The monoisotopic (exact) mass is 464 g/mol. The summed E-state index contributed by atoms with van der Waals surface area (Å²) < 4.78 is 14.6. The standard InChI is InChI=1S/C34H37F/c1-3-5-7-9-11-28-13-17-30(18-14-28)21-22-32-24-26-33(34(35)27-32)25-23-31-19-15-29(16-20-31)12-10-8-6-4-2/h13-20,24,26-27H,3-12H2,1-2H3. The molecule has 0 heterocycles. The smallest absolute Gasteiger partial charge is 0.140 e. The highest BCUT2D eigenvalue weighted by molar-refractivity contribution is 5.49. The Balaban J connectivity index is 1.56. The lowest BCUT2D eigenvalue weighted by atomic mass is 10.0. The highest BCUT2D eigenvalue weighted by Gasteiger charge is 2.01. The molecule has 0 unspecified atom stereocenters. The molecule has 0 aromatic heterocycles. The lowest BCUT2D eigenvalue weighted by molar-refractivity contribution is 0.624. The first-order chi connectivity index (χ1) is 17.2. The SMILES string of the molecule is CCCCCCc1ccc(C#Cc2ccc(C#Cc3ccc(CCCCCC)cc3)c(F)c2)cc1. The van der Waals surface area contributed by atoms with Crippen LogP contribution in [0.2, 0.25) is 0 Å². The van der Waals surface area contributed by atoms with Crippen molar-refractivity contribution in [3.63, 3.8) is 0 Å². The Labute approximate surface area is 212 Å². The second kappa shape index (κ2) is 14.9. The van der Waals surface area contributed by atoms with Gasteiger partial charge in [0, 0.05) is 16.7 Å². The van der Waals surface area contributed by atoms with Crippen molar-refractivity contribution in [2.24, 2.45) is 0 Å². The third-order valence-electron chi connectivity index (χ3n) is 6.21. The highest BCUT2D eigenvalue weighted by Crippen LogP contribution is 2.13. The van der Waals surface area contributed by atoms with Crippen LogP contribution in [0.1, 0.15) is 98.6 Å². The number of unbranched alkanes of at least 4 members (excludes halogenated alkanes) is 6. The van der Waals surface area contributed by atoms with Crippen molar-refractivity contribution in [3.05, 3.63) is 106 Å². The summed E-state index contributed by atoms with van der Waals surface area (Å²) in [6.45, 7) is 4.46. The molecule has 0 nitrogen and oxygen atoms in total. The average Bonchev–Trinajstić information content (AvgIpc) is 2.89. The van der Waals surface area contributed by atoms with Crippen LogP contribution in [-0.4, -0.2) is 0 Å². The third kappa shape index (κ3) is 9.47. The van der Waals surface area contributed by atoms with E-state index in [1.165, 1.54) is 68.6 Å². The van der Waals surface area contributed by atoms with Gasteiger partial charge in [-0.05, 0) is 79.3 Å². The van der Waals surface area contributed by atoms with Crippen LogP contribution < -0.4 is 0 Å². The van der Waals surface area contributed by atoms with Gasteiger partial charge in [-0.15, -0.1) is 0 Å². The lowest BCUT2D eigenvalue weighted by Crippen LogP contribution is -1.88. The molecule has 3 aromatic rings. The number of benzene rings is 3. The second-order valence-electron chi connectivity index (χ2n) is 9.21. The van der Waals surface area contributed by atoms with E-state index in [9.17, 15) is 4.39 Å². The minimum atomic E-state index is -0.334. The summed E-state index contributed by atoms with van der Waals surface area (Å²) in [5, 5.41) is 0. The van der Waals surface area contributed by atoms with Crippen LogP contribution in [0.3, 0.4) is 0 Å². The maximum absolute atomic E-state index is 14.6. The number of aryl methyl sites for hydroxylation is 2. The van der Waals surface area contributed by atoms with Gasteiger partial charge in [0.25, 0.3) is 0 Å². The summed E-state index contributed by atoms with van der Waals surface area (Å²) in [7, 11) is 0. The third-order valence-corrected chi connectivity index (χ3v) is 6.21. The Hall–Kier alpha value is -3.29. The van der Waals surface area contributed by atoms with Gasteiger partial charge in [-0.25, -0.2) is 4.39 Å². The largest absolute Gasteiger partial charge is 0.206 e. The molecule has 0 atom stereocenters. The number of hydrogen-bond donors (Lipinski definition) is 0.